The maximum Gasteiger partial charge on any atom is 0.333 e. The summed E-state index contributed by atoms with van der Waals surface area (Å²) in [4.78, 5) is 12.5. The lowest BCUT2D eigenvalue weighted by Gasteiger charge is -2.20. The van der Waals surface area contributed by atoms with Crippen LogP contribution in [0.4, 0.5) is 0 Å². The number of allylic oxidation sites excluding steroid dienone is 1. The van der Waals surface area contributed by atoms with Crippen molar-refractivity contribution >= 4 is 5.97 Å². The lowest BCUT2D eigenvalue weighted by atomic mass is 9.95. The molecule has 0 saturated heterocycles. The zero-order valence-corrected chi connectivity index (χ0v) is 7.32. The number of hydrogen-bond donors (Lipinski definition) is 1. The quantitative estimate of drug-likeness (QED) is 0.676. The minimum atomic E-state index is -0.821. The van der Waals surface area contributed by atoms with Crippen molar-refractivity contribution in [2.45, 2.75) is 13.3 Å². The second kappa shape index (κ2) is 3.43. The van der Waals surface area contributed by atoms with Gasteiger partial charge in [-0.3, -0.25) is 0 Å². The lowest BCUT2D eigenvalue weighted by Crippen LogP contribution is -2.18. The monoisotopic (exact) mass is 167 g/mol. The highest BCUT2D eigenvalue weighted by Crippen LogP contribution is 2.21. The topological polar surface area (TPSA) is 40.5 Å². The van der Waals surface area contributed by atoms with E-state index in [0.717, 1.165) is 6.42 Å². The van der Waals surface area contributed by atoms with Crippen LogP contribution >= 0.6 is 0 Å². The second-order valence-corrected chi connectivity index (χ2v) is 2.91. The van der Waals surface area contributed by atoms with Crippen molar-refractivity contribution in [3.8, 4) is 0 Å². The zero-order valence-electron chi connectivity index (χ0n) is 7.32. The Labute approximate surface area is 72.0 Å². The van der Waals surface area contributed by atoms with E-state index in [9.17, 15) is 4.79 Å². The first-order chi connectivity index (χ1) is 5.65. The van der Waals surface area contributed by atoms with Crippen molar-refractivity contribution in [3.05, 3.63) is 24.0 Å². The summed E-state index contributed by atoms with van der Waals surface area (Å²) in [6.07, 6.45) is 6.31. The molecule has 3 nitrogen and oxygen atoms in total. The summed E-state index contributed by atoms with van der Waals surface area (Å²) in [5, 5.41) is 8.83. The maximum absolute atomic E-state index is 10.7. The first-order valence-electron chi connectivity index (χ1n) is 4.00. The van der Waals surface area contributed by atoms with Gasteiger partial charge in [0.1, 0.15) is 0 Å². The highest BCUT2D eigenvalue weighted by Gasteiger charge is 2.19. The van der Waals surface area contributed by atoms with Gasteiger partial charge >= 0.3 is 5.97 Å². The summed E-state index contributed by atoms with van der Waals surface area (Å²) in [5.74, 6) is -0.753. The Bertz CT molecular complexity index is 243. The fourth-order valence-electron chi connectivity index (χ4n) is 1.27. The maximum atomic E-state index is 10.7. The van der Waals surface area contributed by atoms with Gasteiger partial charge in [0.25, 0.3) is 0 Å². The van der Waals surface area contributed by atoms with Gasteiger partial charge in [0.2, 0.25) is 0 Å². The Kier molecular flexibility index (Phi) is 2.53. The average molecular weight is 167 g/mol. The Balaban J connectivity index is 2.85. The molecule has 1 aliphatic rings. The molecule has 0 fully saturated rings. The molecule has 1 rings (SSSR count). The standard InChI is InChI=1S/C9H13NO2/c1-3-7-4-5-10(2)6-8(7)9(11)12/h4-7H,3H2,1-2H3,(H,11,12). The summed E-state index contributed by atoms with van der Waals surface area (Å²) in [6, 6.07) is 0. The molecular formula is C9H13NO2. The molecule has 3 heteroatoms. The van der Waals surface area contributed by atoms with E-state index >= 15 is 0 Å². The van der Waals surface area contributed by atoms with Gasteiger partial charge in [-0.05, 0) is 12.6 Å². The number of aliphatic carboxylic acids is 1. The average Bonchev–Trinajstić information content (AvgIpc) is 2.04. The van der Waals surface area contributed by atoms with E-state index in [1.165, 1.54) is 0 Å². The van der Waals surface area contributed by atoms with E-state index < -0.39 is 5.97 Å². The van der Waals surface area contributed by atoms with Crippen LogP contribution in [0.1, 0.15) is 13.3 Å². The second-order valence-electron chi connectivity index (χ2n) is 2.91. The number of hydrogen-bond acceptors (Lipinski definition) is 2. The Morgan fingerprint density at radius 1 is 1.75 bits per heavy atom. The first kappa shape index (κ1) is 8.84. The van der Waals surface area contributed by atoms with Crippen LogP contribution in [0.3, 0.4) is 0 Å². The Morgan fingerprint density at radius 3 is 2.92 bits per heavy atom. The molecule has 0 aromatic rings. The fourth-order valence-corrected chi connectivity index (χ4v) is 1.27. The van der Waals surface area contributed by atoms with E-state index in [-0.39, 0.29) is 5.92 Å². The van der Waals surface area contributed by atoms with Crippen LogP contribution in [0.25, 0.3) is 0 Å². The molecule has 12 heavy (non-hydrogen) atoms. The van der Waals surface area contributed by atoms with Crippen molar-refractivity contribution in [1.82, 2.24) is 4.90 Å². The molecule has 1 aliphatic heterocycles. The summed E-state index contributed by atoms with van der Waals surface area (Å²) in [5.41, 5.74) is 0.475. The van der Waals surface area contributed by atoms with Crippen molar-refractivity contribution in [1.29, 1.82) is 0 Å². The number of carboxylic acids is 1. The molecule has 1 unspecified atom stereocenters. The minimum Gasteiger partial charge on any atom is -0.478 e. The number of rotatable bonds is 2. The largest absolute Gasteiger partial charge is 0.478 e. The molecule has 0 bridgehead atoms. The molecule has 0 amide bonds. The van der Waals surface area contributed by atoms with Gasteiger partial charge in [-0.25, -0.2) is 4.79 Å². The van der Waals surface area contributed by atoms with Crippen molar-refractivity contribution in [2.75, 3.05) is 7.05 Å². The van der Waals surface area contributed by atoms with Crippen LogP contribution in [-0.4, -0.2) is 23.0 Å². The third-order valence-corrected chi connectivity index (χ3v) is 1.98. The van der Waals surface area contributed by atoms with Gasteiger partial charge < -0.3 is 10.0 Å². The molecule has 66 valence electrons. The van der Waals surface area contributed by atoms with Crippen molar-refractivity contribution in [3.63, 3.8) is 0 Å². The molecular weight excluding hydrogens is 154 g/mol. The smallest absolute Gasteiger partial charge is 0.333 e. The van der Waals surface area contributed by atoms with Gasteiger partial charge in [-0.1, -0.05) is 13.0 Å². The van der Waals surface area contributed by atoms with Gasteiger partial charge in [0, 0.05) is 19.2 Å². The predicted molar refractivity (Wildman–Crippen MR) is 46.4 cm³/mol. The molecule has 1 N–H and O–H groups in total. The third kappa shape index (κ3) is 1.67. The van der Waals surface area contributed by atoms with Crippen molar-refractivity contribution in [2.24, 2.45) is 5.92 Å². The van der Waals surface area contributed by atoms with Gasteiger partial charge in [-0.15, -0.1) is 0 Å². The number of carboxylic acid groups (broad SMARTS) is 1. The normalized spacial score (nSPS) is 22.3. The molecule has 0 radical (unpaired) electrons. The Morgan fingerprint density at radius 2 is 2.42 bits per heavy atom. The molecule has 1 heterocycles. The molecule has 1 atom stereocenters. The molecule has 0 aromatic heterocycles. The van der Waals surface area contributed by atoms with Crippen LogP contribution in [0.15, 0.2) is 24.0 Å². The van der Waals surface area contributed by atoms with Crippen LogP contribution < -0.4 is 0 Å². The van der Waals surface area contributed by atoms with Crippen LogP contribution in [0, 0.1) is 5.92 Å². The fraction of sp³-hybridized carbons (Fsp3) is 0.444. The molecule has 0 saturated carbocycles. The minimum absolute atomic E-state index is 0.0682. The van der Waals surface area contributed by atoms with Gasteiger partial charge in [0.05, 0.1) is 5.57 Å². The van der Waals surface area contributed by atoms with Crippen LogP contribution in [-0.2, 0) is 4.79 Å². The number of nitrogens with zero attached hydrogens (tertiary/aromatic N) is 1. The van der Waals surface area contributed by atoms with E-state index in [1.54, 1.807) is 11.1 Å². The molecule has 0 spiro atoms. The van der Waals surface area contributed by atoms with Crippen molar-refractivity contribution < 1.29 is 9.90 Å². The molecule has 0 aromatic carbocycles. The molecule has 0 aliphatic carbocycles. The zero-order chi connectivity index (χ0) is 9.14. The van der Waals surface area contributed by atoms with Gasteiger partial charge in [-0.2, -0.15) is 0 Å². The van der Waals surface area contributed by atoms with Gasteiger partial charge in [0.15, 0.2) is 0 Å². The summed E-state index contributed by atoms with van der Waals surface area (Å²) in [7, 11) is 1.82. The summed E-state index contributed by atoms with van der Waals surface area (Å²) >= 11 is 0. The highest BCUT2D eigenvalue weighted by molar-refractivity contribution is 5.87. The highest BCUT2D eigenvalue weighted by atomic mass is 16.4. The van der Waals surface area contributed by atoms with E-state index in [2.05, 4.69) is 0 Å². The third-order valence-electron chi connectivity index (χ3n) is 1.98. The lowest BCUT2D eigenvalue weighted by molar-refractivity contribution is -0.133. The van der Waals surface area contributed by atoms with E-state index in [0.29, 0.717) is 5.57 Å². The summed E-state index contributed by atoms with van der Waals surface area (Å²) < 4.78 is 0. The van der Waals surface area contributed by atoms with Crippen LogP contribution in [0.5, 0.6) is 0 Å². The SMILES string of the molecule is CCC1C=CN(C)C=C1C(=O)O. The summed E-state index contributed by atoms with van der Waals surface area (Å²) in [6.45, 7) is 1.98. The van der Waals surface area contributed by atoms with E-state index in [1.807, 2.05) is 26.2 Å². The van der Waals surface area contributed by atoms with E-state index in [4.69, 9.17) is 5.11 Å². The predicted octanol–water partition coefficient (Wildman–Crippen LogP) is 1.44. The first-order valence-corrected chi connectivity index (χ1v) is 4.00. The number of carbonyl (C=O) groups is 1. The Hall–Kier alpha value is -1.25. The van der Waals surface area contributed by atoms with Crippen LogP contribution in [0.2, 0.25) is 0 Å².